The fourth-order valence-corrected chi connectivity index (χ4v) is 8.20. The third kappa shape index (κ3) is 12.5. The Labute approximate surface area is 326 Å². The van der Waals surface area contributed by atoms with E-state index in [2.05, 4.69) is 26.0 Å². The number of aryl methyl sites for hydroxylation is 4. The highest BCUT2D eigenvalue weighted by Gasteiger charge is 2.29. The molecule has 0 saturated carbocycles. The van der Waals surface area contributed by atoms with E-state index in [9.17, 15) is 41.1 Å². The summed E-state index contributed by atoms with van der Waals surface area (Å²) in [5, 5.41) is 21.5. The van der Waals surface area contributed by atoms with Crippen LogP contribution < -0.4 is 37.2 Å². The van der Waals surface area contributed by atoms with Crippen molar-refractivity contribution in [3.63, 3.8) is 0 Å². The average molecular weight is 818 g/mol. The number of fused-ring (bicyclic) bond motifs is 1. The molecule has 0 spiro atoms. The smallest absolute Gasteiger partial charge is 0.323 e. The van der Waals surface area contributed by atoms with E-state index in [0.717, 1.165) is 28.9 Å². The molecule has 19 heteroatoms. The zero-order valence-corrected chi connectivity index (χ0v) is 33.9. The number of carboxylic acid groups (broad SMARTS) is 1. The summed E-state index contributed by atoms with van der Waals surface area (Å²) in [7, 11) is -8.83. The number of amides is 2. The van der Waals surface area contributed by atoms with Gasteiger partial charge in [-0.1, -0.05) is 36.8 Å². The van der Waals surface area contributed by atoms with Crippen LogP contribution in [0.15, 0.2) is 69.9 Å². The number of benzene rings is 2. The van der Waals surface area contributed by atoms with Gasteiger partial charge in [0.2, 0.25) is 21.4 Å². The zero-order valence-electron chi connectivity index (χ0n) is 32.2. The summed E-state index contributed by atoms with van der Waals surface area (Å²) < 4.78 is 61.7. The summed E-state index contributed by atoms with van der Waals surface area (Å²) in [6.07, 6.45) is 5.95. The Morgan fingerprint density at radius 1 is 1.00 bits per heavy atom. The first kappa shape index (κ1) is 45.3. The molecule has 17 nitrogen and oxygen atoms in total. The first-order valence-corrected chi connectivity index (χ1v) is 20.8. The van der Waals surface area contributed by atoms with Gasteiger partial charge in [-0.3, -0.25) is 23.7 Å². The largest absolute Gasteiger partial charge is 0.480 e. The number of carbonyl (C=O) groups excluding carboxylic acids is 2. The third-order valence-corrected chi connectivity index (χ3v) is 11.3. The molecule has 2 amide bonds. The number of hydrogen-bond donors (Lipinski definition) is 8. The van der Waals surface area contributed by atoms with Crippen molar-refractivity contribution in [3.05, 3.63) is 98.2 Å². The number of aliphatic carboxylic acids is 1. The summed E-state index contributed by atoms with van der Waals surface area (Å²) >= 11 is 0. The van der Waals surface area contributed by atoms with E-state index in [0.29, 0.717) is 23.2 Å². The normalized spacial score (nSPS) is 13.6. The Bertz CT molecular complexity index is 2280. The monoisotopic (exact) mass is 817 g/mol. The number of nitrogens with zero attached hydrogens (tertiary/aromatic N) is 1. The van der Waals surface area contributed by atoms with Gasteiger partial charge < -0.3 is 36.7 Å². The van der Waals surface area contributed by atoms with Crippen LogP contribution in [0, 0.1) is 20.8 Å². The Balaban J connectivity index is 1.94. The second-order valence-corrected chi connectivity index (χ2v) is 16.5. The van der Waals surface area contributed by atoms with Crippen molar-refractivity contribution in [3.8, 4) is 0 Å². The minimum atomic E-state index is -4.49. The maximum Gasteiger partial charge on any atom is 0.323 e. The Hall–Kier alpha value is -5.08. The van der Waals surface area contributed by atoms with Crippen molar-refractivity contribution in [1.29, 1.82) is 0 Å². The van der Waals surface area contributed by atoms with E-state index in [1.807, 2.05) is 26.8 Å². The number of nitrogens with two attached hydrogens (primary N) is 1. The second kappa shape index (κ2) is 19.7. The molecule has 1 aromatic heterocycles. The maximum absolute atomic E-state index is 13.8. The molecule has 3 aromatic rings. The van der Waals surface area contributed by atoms with Gasteiger partial charge in [-0.2, -0.15) is 13.1 Å². The number of carboxylic acids is 1. The summed E-state index contributed by atoms with van der Waals surface area (Å²) in [6, 6.07) is 5.07. The van der Waals surface area contributed by atoms with E-state index in [-0.39, 0.29) is 35.4 Å². The molecular weight excluding hydrogens is 767 g/mol. The lowest BCUT2D eigenvalue weighted by molar-refractivity contribution is -0.138. The maximum atomic E-state index is 13.8. The summed E-state index contributed by atoms with van der Waals surface area (Å²) in [5.41, 5.74) is 8.54. The van der Waals surface area contributed by atoms with Crippen molar-refractivity contribution in [2.45, 2.75) is 84.5 Å². The number of allylic oxidation sites excluding steroid dienone is 2. The highest BCUT2D eigenvalue weighted by atomic mass is 32.2. The lowest BCUT2D eigenvalue weighted by Crippen LogP contribution is -2.49. The van der Waals surface area contributed by atoms with Gasteiger partial charge in [0.15, 0.2) is 0 Å². The number of sulfonamides is 1. The first-order chi connectivity index (χ1) is 26.2. The average Bonchev–Trinajstić information content (AvgIpc) is 3.10. The molecule has 0 bridgehead atoms. The summed E-state index contributed by atoms with van der Waals surface area (Å²) in [4.78, 5) is 51.7. The molecule has 2 aromatic carbocycles. The van der Waals surface area contributed by atoms with Crippen LogP contribution in [0.25, 0.3) is 10.9 Å². The highest BCUT2D eigenvalue weighted by Crippen LogP contribution is 2.22. The quantitative estimate of drug-likeness (QED) is 0.0597. The number of hydrogen-bond acceptors (Lipinski definition) is 11. The van der Waals surface area contributed by atoms with Gasteiger partial charge >= 0.3 is 5.97 Å². The molecular formula is C37H51N7O10S2. The van der Waals surface area contributed by atoms with Gasteiger partial charge in [0.1, 0.15) is 23.5 Å². The van der Waals surface area contributed by atoms with Crippen LogP contribution in [0.5, 0.6) is 0 Å². The van der Waals surface area contributed by atoms with Crippen LogP contribution in [0.1, 0.15) is 66.2 Å². The van der Waals surface area contributed by atoms with E-state index >= 15 is 0 Å². The second-order valence-electron chi connectivity index (χ2n) is 13.4. The SMILES string of the molecule is C/C=C/N/C(NCc1ccc2c(=O)c(C(=O)NC[C@@H](NS(=O)(=O)c3c(C)cc(C)cc3C)C(=O)O)cn(CCCNC(=O)[C@@H](N)CS(=O)(=O)O)c2c1)=C(\C)CC. The van der Waals surface area contributed by atoms with Gasteiger partial charge in [0.25, 0.3) is 16.0 Å². The number of pyridine rings is 1. The number of rotatable bonds is 20. The minimum Gasteiger partial charge on any atom is -0.480 e. The van der Waals surface area contributed by atoms with Crippen LogP contribution >= 0.6 is 0 Å². The van der Waals surface area contributed by atoms with E-state index < -0.39 is 67.7 Å². The molecule has 1 heterocycles. The van der Waals surface area contributed by atoms with E-state index in [1.165, 1.54) is 6.20 Å². The Morgan fingerprint density at radius 3 is 2.25 bits per heavy atom. The molecule has 306 valence electrons. The predicted octanol–water partition coefficient (Wildman–Crippen LogP) is 1.66. The lowest BCUT2D eigenvalue weighted by Gasteiger charge is -2.19. The summed E-state index contributed by atoms with van der Waals surface area (Å²) in [6.45, 7) is 10.7. The topological polar surface area (TPSA) is 268 Å². The Morgan fingerprint density at radius 2 is 1.66 bits per heavy atom. The summed E-state index contributed by atoms with van der Waals surface area (Å²) in [5.74, 6) is -3.47. The van der Waals surface area contributed by atoms with E-state index in [4.69, 9.17) is 10.3 Å². The van der Waals surface area contributed by atoms with E-state index in [1.54, 1.807) is 61.9 Å². The molecule has 3 rings (SSSR count). The van der Waals surface area contributed by atoms with Crippen molar-refractivity contribution < 1.29 is 40.9 Å². The van der Waals surface area contributed by atoms with Crippen molar-refractivity contribution >= 4 is 48.8 Å². The first-order valence-electron chi connectivity index (χ1n) is 17.8. The predicted molar refractivity (Wildman–Crippen MR) is 213 cm³/mol. The zero-order chi connectivity index (χ0) is 42.0. The molecule has 0 radical (unpaired) electrons. The number of carbonyl (C=O) groups is 3. The van der Waals surface area contributed by atoms with Gasteiger partial charge in [0, 0.05) is 37.8 Å². The third-order valence-electron chi connectivity index (χ3n) is 8.75. The molecule has 0 fully saturated rings. The molecule has 0 aliphatic heterocycles. The molecule has 0 saturated heterocycles. The van der Waals surface area contributed by atoms with Crippen molar-refractivity contribution in [1.82, 2.24) is 30.6 Å². The van der Waals surface area contributed by atoms with Gasteiger partial charge in [-0.05, 0) is 88.1 Å². The molecule has 2 atom stereocenters. The van der Waals surface area contributed by atoms with Crippen molar-refractivity contribution in [2.24, 2.45) is 5.73 Å². The lowest BCUT2D eigenvalue weighted by atomic mass is 10.1. The van der Waals surface area contributed by atoms with Crippen LogP contribution in [-0.2, 0) is 42.8 Å². The fraction of sp³-hybridized carbons (Fsp3) is 0.405. The highest BCUT2D eigenvalue weighted by molar-refractivity contribution is 7.89. The van der Waals surface area contributed by atoms with Gasteiger partial charge in [0.05, 0.1) is 16.2 Å². The van der Waals surface area contributed by atoms with Crippen LogP contribution in [0.4, 0.5) is 0 Å². The molecule has 0 aliphatic rings. The van der Waals surface area contributed by atoms with Crippen LogP contribution in [0.3, 0.4) is 0 Å². The van der Waals surface area contributed by atoms with Crippen LogP contribution in [0.2, 0.25) is 0 Å². The van der Waals surface area contributed by atoms with Crippen LogP contribution in [-0.4, -0.2) is 79.8 Å². The minimum absolute atomic E-state index is 0.00976. The van der Waals surface area contributed by atoms with Crippen molar-refractivity contribution in [2.75, 3.05) is 18.8 Å². The fourth-order valence-electron chi connectivity index (χ4n) is 5.95. The van der Waals surface area contributed by atoms with Gasteiger partial charge in [-0.15, -0.1) is 0 Å². The molecule has 56 heavy (non-hydrogen) atoms. The molecule has 9 N–H and O–H groups in total. The number of aromatic nitrogens is 1. The standard InChI is InChI=1S/C37H51N7O10S2/c1-7-12-39-34(23(4)8-2)41-18-26-10-11-27-31(17-26)44(14-9-13-40-36(47)29(38)21-55(50,51)52)20-28(32(27)45)35(46)42-19-30(37(48)49)43-56(53,54)33-24(5)15-22(3)16-25(33)6/h7,10-12,15-17,20,29-30,39,41,43H,8-9,13-14,18-19,21,38H2,1-6H3,(H,40,47)(H,42,46)(H,48,49)(H,50,51,52)/b12-7+,34-23-/t29-,30+/m0/s1. The number of nitrogens with one attached hydrogen (secondary N) is 5. The Kier molecular flexibility index (Phi) is 15.9. The molecule has 0 unspecified atom stereocenters. The van der Waals surface area contributed by atoms with Gasteiger partial charge in [-0.25, -0.2) is 8.42 Å². The molecule has 0 aliphatic carbocycles.